The fraction of sp³-hybridized carbons (Fsp3) is 0.550. The van der Waals surface area contributed by atoms with Crippen molar-refractivity contribution < 1.29 is 4.79 Å². The summed E-state index contributed by atoms with van der Waals surface area (Å²) in [6.45, 7) is 8.62. The van der Waals surface area contributed by atoms with Crippen LogP contribution in [0, 0.1) is 17.2 Å². The molecule has 1 saturated heterocycles. The second-order valence-electron chi connectivity index (χ2n) is 7.54. The van der Waals surface area contributed by atoms with E-state index in [0.29, 0.717) is 43.4 Å². The molecule has 0 saturated carbocycles. The van der Waals surface area contributed by atoms with Gasteiger partial charge in [0.1, 0.15) is 6.04 Å². The van der Waals surface area contributed by atoms with Crippen LogP contribution in [0.4, 0.5) is 0 Å². The zero-order chi connectivity index (χ0) is 21.0. The molecule has 0 radical (unpaired) electrons. The summed E-state index contributed by atoms with van der Waals surface area (Å²) in [6, 6.07) is 8.96. The van der Waals surface area contributed by atoms with E-state index in [2.05, 4.69) is 26.4 Å². The number of hydrogen-bond donors (Lipinski definition) is 0. The van der Waals surface area contributed by atoms with Crippen LogP contribution in [-0.2, 0) is 4.79 Å². The fourth-order valence-electron chi connectivity index (χ4n) is 3.59. The quantitative estimate of drug-likeness (QED) is 0.720. The molecule has 0 aliphatic carbocycles. The first-order chi connectivity index (χ1) is 13.9. The zero-order valence-electron chi connectivity index (χ0n) is 17.0. The molecule has 2 aromatic rings. The van der Waals surface area contributed by atoms with Crippen molar-refractivity contribution in [3.8, 4) is 17.5 Å². The Morgan fingerprint density at radius 2 is 1.86 bits per heavy atom. The third-order valence-electron chi connectivity index (χ3n) is 5.26. The van der Waals surface area contributed by atoms with Gasteiger partial charge in [-0.25, -0.2) is 0 Å². The van der Waals surface area contributed by atoms with Gasteiger partial charge in [0.2, 0.25) is 11.7 Å². The van der Waals surface area contributed by atoms with E-state index < -0.39 is 6.04 Å². The minimum Gasteiger partial charge on any atom is -0.338 e. The predicted octanol–water partition coefficient (Wildman–Crippen LogP) is 2.64. The maximum absolute atomic E-state index is 13.1. The number of rotatable bonds is 6. The van der Waals surface area contributed by atoms with Crippen molar-refractivity contribution >= 4 is 17.5 Å². The number of carbonyl (C=O) groups excluding carboxylic acids is 1. The number of halogens is 1. The van der Waals surface area contributed by atoms with Crippen LogP contribution in [0.2, 0.25) is 5.02 Å². The van der Waals surface area contributed by atoms with Gasteiger partial charge in [-0.15, -0.1) is 10.2 Å². The number of nitrogens with zero attached hydrogens (tertiary/aromatic N) is 7. The Balaban J connectivity index is 1.67. The average Bonchev–Trinajstić information content (AvgIpc) is 3.19. The second kappa shape index (κ2) is 9.33. The maximum Gasteiger partial charge on any atom is 0.249 e. The molecule has 1 aliphatic rings. The number of hydrogen-bond acceptors (Lipinski definition) is 6. The van der Waals surface area contributed by atoms with Crippen LogP contribution in [-0.4, -0.2) is 68.1 Å². The Morgan fingerprint density at radius 3 is 2.41 bits per heavy atom. The van der Waals surface area contributed by atoms with Crippen molar-refractivity contribution in [2.24, 2.45) is 5.92 Å². The Kier molecular flexibility index (Phi) is 6.83. The highest BCUT2D eigenvalue weighted by Gasteiger charge is 2.32. The number of tetrazole rings is 1. The molecule has 0 bridgehead atoms. The van der Waals surface area contributed by atoms with Gasteiger partial charge in [0.25, 0.3) is 0 Å². The summed E-state index contributed by atoms with van der Waals surface area (Å²) in [6.07, 6.45) is 0.572. The molecule has 9 heteroatoms. The minimum absolute atomic E-state index is 0.00902. The number of amides is 1. The summed E-state index contributed by atoms with van der Waals surface area (Å²) < 4.78 is 0. The van der Waals surface area contributed by atoms with Crippen molar-refractivity contribution in [3.05, 3.63) is 29.3 Å². The standard InChI is InChI=1S/C20H26ClN7O/c1-4-17(28-24-19(23-25-28)15-5-7-16(21)8-6-15)20(29)27-11-9-26(10-12-27)18(13-22)14(2)3/h5-8,14,17-18H,4,9-12H2,1-3H3. The third kappa shape index (κ3) is 4.74. The molecular weight excluding hydrogens is 390 g/mol. The van der Waals surface area contributed by atoms with Gasteiger partial charge < -0.3 is 4.90 Å². The van der Waals surface area contributed by atoms with E-state index in [1.807, 2.05) is 37.8 Å². The highest BCUT2D eigenvalue weighted by Crippen LogP contribution is 2.20. The highest BCUT2D eigenvalue weighted by molar-refractivity contribution is 6.30. The molecule has 2 atom stereocenters. The lowest BCUT2D eigenvalue weighted by Crippen LogP contribution is -2.54. The number of aromatic nitrogens is 4. The monoisotopic (exact) mass is 415 g/mol. The molecule has 1 amide bonds. The summed E-state index contributed by atoms with van der Waals surface area (Å²) in [4.78, 5) is 18.5. The Labute approximate surface area is 176 Å². The van der Waals surface area contributed by atoms with Gasteiger partial charge in [-0.2, -0.15) is 10.1 Å². The van der Waals surface area contributed by atoms with Crippen molar-refractivity contribution in [2.75, 3.05) is 26.2 Å². The third-order valence-corrected chi connectivity index (χ3v) is 5.52. The topological polar surface area (TPSA) is 90.9 Å². The molecule has 3 rings (SSSR count). The van der Waals surface area contributed by atoms with E-state index in [4.69, 9.17) is 11.6 Å². The molecule has 1 aliphatic heterocycles. The molecule has 0 spiro atoms. The van der Waals surface area contributed by atoms with E-state index in [-0.39, 0.29) is 17.9 Å². The van der Waals surface area contributed by atoms with E-state index in [9.17, 15) is 10.1 Å². The van der Waals surface area contributed by atoms with Crippen LogP contribution in [0.15, 0.2) is 24.3 Å². The molecule has 8 nitrogen and oxygen atoms in total. The summed E-state index contributed by atoms with van der Waals surface area (Å²) in [5.74, 6) is 0.716. The summed E-state index contributed by atoms with van der Waals surface area (Å²) in [5, 5.41) is 22.7. The van der Waals surface area contributed by atoms with Gasteiger partial charge in [-0.05, 0) is 41.8 Å². The van der Waals surface area contributed by atoms with Crippen LogP contribution >= 0.6 is 11.6 Å². The Bertz CT molecular complexity index is 866. The van der Waals surface area contributed by atoms with Gasteiger partial charge in [0, 0.05) is 36.8 Å². The minimum atomic E-state index is -0.494. The van der Waals surface area contributed by atoms with E-state index in [1.54, 1.807) is 12.1 Å². The first-order valence-corrected chi connectivity index (χ1v) is 10.3. The molecule has 2 heterocycles. The molecule has 154 valence electrons. The fourth-order valence-corrected chi connectivity index (χ4v) is 3.72. The number of piperazine rings is 1. The van der Waals surface area contributed by atoms with Crippen LogP contribution in [0.3, 0.4) is 0 Å². The predicted molar refractivity (Wildman–Crippen MR) is 110 cm³/mol. The van der Waals surface area contributed by atoms with Gasteiger partial charge in [0.15, 0.2) is 6.04 Å². The van der Waals surface area contributed by atoms with Gasteiger partial charge in [-0.1, -0.05) is 32.4 Å². The molecule has 1 aromatic heterocycles. The van der Waals surface area contributed by atoms with Crippen LogP contribution in [0.5, 0.6) is 0 Å². The summed E-state index contributed by atoms with van der Waals surface area (Å²) in [5.41, 5.74) is 0.799. The Morgan fingerprint density at radius 1 is 1.21 bits per heavy atom. The van der Waals surface area contributed by atoms with Gasteiger partial charge >= 0.3 is 0 Å². The first kappa shape index (κ1) is 21.2. The van der Waals surface area contributed by atoms with Crippen LogP contribution < -0.4 is 0 Å². The molecule has 29 heavy (non-hydrogen) atoms. The smallest absolute Gasteiger partial charge is 0.249 e. The van der Waals surface area contributed by atoms with Crippen molar-refractivity contribution in [1.29, 1.82) is 5.26 Å². The van der Waals surface area contributed by atoms with Crippen molar-refractivity contribution in [2.45, 2.75) is 39.3 Å². The average molecular weight is 416 g/mol. The maximum atomic E-state index is 13.1. The highest BCUT2D eigenvalue weighted by atomic mass is 35.5. The number of carbonyl (C=O) groups is 1. The van der Waals surface area contributed by atoms with Crippen LogP contribution in [0.25, 0.3) is 11.4 Å². The second-order valence-corrected chi connectivity index (χ2v) is 7.98. The van der Waals surface area contributed by atoms with E-state index in [0.717, 1.165) is 5.56 Å². The lowest BCUT2D eigenvalue weighted by molar-refractivity contribution is -0.137. The van der Waals surface area contributed by atoms with E-state index in [1.165, 1.54) is 4.80 Å². The van der Waals surface area contributed by atoms with Gasteiger partial charge in [0.05, 0.1) is 6.07 Å². The SMILES string of the molecule is CCC(C(=O)N1CCN(C(C#N)C(C)C)CC1)n1nnc(-c2ccc(Cl)cc2)n1. The molecule has 2 unspecified atom stereocenters. The van der Waals surface area contributed by atoms with Crippen molar-refractivity contribution in [1.82, 2.24) is 30.0 Å². The van der Waals surface area contributed by atoms with Crippen molar-refractivity contribution in [3.63, 3.8) is 0 Å². The molecule has 1 fully saturated rings. The Hall–Kier alpha value is -2.50. The molecular formula is C20H26ClN7O. The summed E-state index contributed by atoms with van der Waals surface area (Å²) in [7, 11) is 0. The molecule has 1 aromatic carbocycles. The number of nitriles is 1. The lowest BCUT2D eigenvalue weighted by atomic mass is 10.0. The van der Waals surface area contributed by atoms with Crippen LogP contribution in [0.1, 0.15) is 33.2 Å². The first-order valence-electron chi connectivity index (χ1n) is 9.92. The van der Waals surface area contributed by atoms with E-state index >= 15 is 0 Å². The van der Waals surface area contributed by atoms with Gasteiger partial charge in [-0.3, -0.25) is 9.69 Å². The normalized spacial score (nSPS) is 17.2. The largest absolute Gasteiger partial charge is 0.338 e. The lowest BCUT2D eigenvalue weighted by Gasteiger charge is -2.39. The zero-order valence-corrected chi connectivity index (χ0v) is 17.7. The number of benzene rings is 1. The summed E-state index contributed by atoms with van der Waals surface area (Å²) >= 11 is 5.93. The molecule has 0 N–H and O–H groups in total.